The fourth-order valence-electron chi connectivity index (χ4n) is 4.66. The molecule has 188 valence electrons. The number of rotatable bonds is 5. The van der Waals surface area contributed by atoms with E-state index in [-0.39, 0.29) is 18.9 Å². The summed E-state index contributed by atoms with van der Waals surface area (Å²) in [6.45, 7) is 5.97. The molecule has 0 aromatic heterocycles. The number of hydrogen-bond donors (Lipinski definition) is 2. The number of aliphatic carboxylic acids is 1. The smallest absolute Gasteiger partial charge is 0.410 e. The van der Waals surface area contributed by atoms with E-state index in [4.69, 9.17) is 4.74 Å². The molecule has 7 nitrogen and oxygen atoms in total. The van der Waals surface area contributed by atoms with Crippen LogP contribution in [0.25, 0.3) is 10.8 Å². The van der Waals surface area contributed by atoms with Crippen molar-refractivity contribution in [2.24, 2.45) is 5.92 Å². The molecule has 0 aliphatic carbocycles. The number of carboxylic acids is 1. The van der Waals surface area contributed by atoms with Crippen molar-refractivity contribution in [1.29, 1.82) is 0 Å². The second kappa shape index (κ2) is 10.4. The number of nitrogens with one attached hydrogen (secondary N) is 1. The van der Waals surface area contributed by atoms with Crippen LogP contribution in [-0.4, -0.2) is 46.7 Å². The largest absolute Gasteiger partial charge is 0.481 e. The van der Waals surface area contributed by atoms with Gasteiger partial charge in [0.15, 0.2) is 0 Å². The van der Waals surface area contributed by atoms with Crippen molar-refractivity contribution in [3.05, 3.63) is 77.9 Å². The van der Waals surface area contributed by atoms with Gasteiger partial charge in [-0.2, -0.15) is 0 Å². The molecule has 0 saturated carbocycles. The molecular weight excluding hydrogens is 456 g/mol. The van der Waals surface area contributed by atoms with Crippen molar-refractivity contribution in [3.63, 3.8) is 0 Å². The van der Waals surface area contributed by atoms with Gasteiger partial charge in [0.1, 0.15) is 5.60 Å². The first-order valence-electron chi connectivity index (χ1n) is 12.2. The minimum Gasteiger partial charge on any atom is -0.481 e. The monoisotopic (exact) mass is 488 g/mol. The maximum Gasteiger partial charge on any atom is 0.410 e. The summed E-state index contributed by atoms with van der Waals surface area (Å²) in [6, 6.07) is 21.2. The number of carbonyl (C=O) groups is 3. The Bertz CT molecular complexity index is 1280. The Morgan fingerprint density at radius 3 is 2.47 bits per heavy atom. The van der Waals surface area contributed by atoms with E-state index in [1.165, 1.54) is 0 Å². The molecule has 0 bridgehead atoms. The molecule has 0 unspecified atom stereocenters. The van der Waals surface area contributed by atoms with Gasteiger partial charge in [0.2, 0.25) is 5.91 Å². The molecule has 2 amide bonds. The zero-order valence-corrected chi connectivity index (χ0v) is 20.9. The first-order chi connectivity index (χ1) is 17.1. The van der Waals surface area contributed by atoms with Gasteiger partial charge in [-0.25, -0.2) is 4.79 Å². The molecular formula is C29H32N2O5. The minimum absolute atomic E-state index is 0.156. The lowest BCUT2D eigenvalue weighted by Gasteiger charge is -2.37. The zero-order valence-electron chi connectivity index (χ0n) is 20.9. The molecule has 4 rings (SSSR count). The Morgan fingerprint density at radius 2 is 1.75 bits per heavy atom. The SMILES string of the molecule is CC(C)(C)OC(=O)N1CC[C@@H](C(=O)O)[C@H](c2cccc(NC(=O)Cc3ccc4ccccc4c3)c2)C1. The third kappa shape index (κ3) is 6.22. The van der Waals surface area contributed by atoms with Crippen LogP contribution >= 0.6 is 0 Å². The van der Waals surface area contributed by atoms with Crippen molar-refractivity contribution >= 4 is 34.4 Å². The lowest BCUT2D eigenvalue weighted by atomic mass is 9.80. The van der Waals surface area contributed by atoms with Crippen molar-refractivity contribution < 1.29 is 24.2 Å². The molecule has 1 saturated heterocycles. The van der Waals surface area contributed by atoms with Crippen LogP contribution < -0.4 is 5.32 Å². The fourth-order valence-corrected chi connectivity index (χ4v) is 4.66. The van der Waals surface area contributed by atoms with Crippen LogP contribution in [0.1, 0.15) is 44.2 Å². The van der Waals surface area contributed by atoms with Crippen LogP contribution in [0.5, 0.6) is 0 Å². The second-order valence-corrected chi connectivity index (χ2v) is 10.3. The van der Waals surface area contributed by atoms with Crippen LogP contribution in [0.15, 0.2) is 66.7 Å². The number of hydrogen-bond acceptors (Lipinski definition) is 4. The predicted molar refractivity (Wildman–Crippen MR) is 139 cm³/mol. The minimum atomic E-state index is -0.894. The highest BCUT2D eigenvalue weighted by Crippen LogP contribution is 2.34. The third-order valence-corrected chi connectivity index (χ3v) is 6.36. The van der Waals surface area contributed by atoms with Gasteiger partial charge in [0, 0.05) is 24.7 Å². The highest BCUT2D eigenvalue weighted by Gasteiger charge is 2.38. The first kappa shape index (κ1) is 25.2. The number of anilines is 1. The summed E-state index contributed by atoms with van der Waals surface area (Å²) in [5, 5.41) is 15.0. The molecule has 3 aromatic carbocycles. The number of benzene rings is 3. The lowest BCUT2D eigenvalue weighted by Crippen LogP contribution is -2.46. The number of carboxylic acid groups (broad SMARTS) is 1. The van der Waals surface area contributed by atoms with Crippen molar-refractivity contribution in [2.45, 2.75) is 45.1 Å². The highest BCUT2D eigenvalue weighted by atomic mass is 16.6. The molecule has 3 aromatic rings. The molecule has 2 atom stereocenters. The number of nitrogens with zero attached hydrogens (tertiary/aromatic N) is 1. The number of fused-ring (bicyclic) bond motifs is 1. The van der Waals surface area contributed by atoms with Crippen molar-refractivity contribution in [2.75, 3.05) is 18.4 Å². The van der Waals surface area contributed by atoms with Gasteiger partial charge in [0.05, 0.1) is 12.3 Å². The summed E-state index contributed by atoms with van der Waals surface area (Å²) in [6.07, 6.45) is 0.108. The van der Waals surface area contributed by atoms with E-state index >= 15 is 0 Å². The first-order valence-corrected chi connectivity index (χ1v) is 12.2. The van der Waals surface area contributed by atoms with E-state index < -0.39 is 29.5 Å². The van der Waals surface area contributed by atoms with Gasteiger partial charge in [-0.3, -0.25) is 9.59 Å². The fraction of sp³-hybridized carbons (Fsp3) is 0.345. The quantitative estimate of drug-likeness (QED) is 0.498. The van der Waals surface area contributed by atoms with Crippen LogP contribution in [0.3, 0.4) is 0 Å². The van der Waals surface area contributed by atoms with E-state index in [0.717, 1.165) is 21.9 Å². The molecule has 0 radical (unpaired) electrons. The molecule has 7 heteroatoms. The normalized spacial score (nSPS) is 18.0. The molecule has 1 fully saturated rings. The summed E-state index contributed by atoms with van der Waals surface area (Å²) in [5.41, 5.74) is 1.63. The number of carbonyl (C=O) groups excluding carboxylic acids is 2. The van der Waals surface area contributed by atoms with Gasteiger partial charge < -0.3 is 20.1 Å². The van der Waals surface area contributed by atoms with Gasteiger partial charge in [0.25, 0.3) is 0 Å². The van der Waals surface area contributed by atoms with E-state index in [1.807, 2.05) is 48.5 Å². The van der Waals surface area contributed by atoms with Gasteiger partial charge in [-0.05, 0) is 61.2 Å². The second-order valence-electron chi connectivity index (χ2n) is 10.3. The van der Waals surface area contributed by atoms with Gasteiger partial charge in [-0.1, -0.05) is 54.6 Å². The summed E-state index contributed by atoms with van der Waals surface area (Å²) < 4.78 is 5.50. The van der Waals surface area contributed by atoms with Crippen molar-refractivity contribution in [1.82, 2.24) is 4.90 Å². The third-order valence-electron chi connectivity index (χ3n) is 6.36. The Hall–Kier alpha value is -3.87. The molecule has 1 heterocycles. The van der Waals surface area contributed by atoms with Crippen LogP contribution in [0, 0.1) is 5.92 Å². The van der Waals surface area contributed by atoms with Crippen LogP contribution in [-0.2, 0) is 20.7 Å². The van der Waals surface area contributed by atoms with Crippen LogP contribution in [0.2, 0.25) is 0 Å². The summed E-state index contributed by atoms with van der Waals surface area (Å²) in [7, 11) is 0. The summed E-state index contributed by atoms with van der Waals surface area (Å²) >= 11 is 0. The van der Waals surface area contributed by atoms with E-state index in [0.29, 0.717) is 18.7 Å². The zero-order chi connectivity index (χ0) is 25.9. The maximum absolute atomic E-state index is 12.8. The van der Waals surface area contributed by atoms with Gasteiger partial charge in [-0.15, -0.1) is 0 Å². The Kier molecular flexibility index (Phi) is 7.29. The Morgan fingerprint density at radius 1 is 1.00 bits per heavy atom. The Labute approximate surface area is 211 Å². The summed E-state index contributed by atoms with van der Waals surface area (Å²) in [4.78, 5) is 39.0. The number of piperidine rings is 1. The lowest BCUT2D eigenvalue weighted by molar-refractivity contribution is -0.144. The summed E-state index contributed by atoms with van der Waals surface area (Å²) in [5.74, 6) is -2.10. The molecule has 36 heavy (non-hydrogen) atoms. The highest BCUT2D eigenvalue weighted by molar-refractivity contribution is 5.93. The Balaban J connectivity index is 1.48. The average Bonchev–Trinajstić information content (AvgIpc) is 2.82. The van der Waals surface area contributed by atoms with E-state index in [1.54, 1.807) is 43.9 Å². The maximum atomic E-state index is 12.8. The topological polar surface area (TPSA) is 95.9 Å². The average molecular weight is 489 g/mol. The van der Waals surface area contributed by atoms with Crippen molar-refractivity contribution in [3.8, 4) is 0 Å². The van der Waals surface area contributed by atoms with E-state index in [9.17, 15) is 19.5 Å². The number of ether oxygens (including phenoxy) is 1. The molecule has 0 spiro atoms. The standard InChI is InChI=1S/C29H32N2O5/c1-29(2,3)36-28(35)31-14-13-24(27(33)34)25(18-31)22-9-6-10-23(17-22)30-26(32)16-19-11-12-20-7-4-5-8-21(20)15-19/h4-12,15,17,24-25H,13-14,16,18H2,1-3H3,(H,30,32)(H,33,34)/t24-,25+/m1/s1. The van der Waals surface area contributed by atoms with Gasteiger partial charge >= 0.3 is 12.1 Å². The molecule has 1 aliphatic heterocycles. The predicted octanol–water partition coefficient (Wildman–Crippen LogP) is 5.45. The van der Waals surface area contributed by atoms with Crippen LogP contribution in [0.4, 0.5) is 10.5 Å². The number of likely N-dealkylation sites (tertiary alicyclic amines) is 1. The number of amides is 2. The van der Waals surface area contributed by atoms with E-state index in [2.05, 4.69) is 5.32 Å². The molecule has 1 aliphatic rings. The molecule has 2 N–H and O–H groups in total.